The second kappa shape index (κ2) is 8.37. The Morgan fingerprint density at radius 2 is 1.88 bits per heavy atom. The van der Waals surface area contributed by atoms with Crippen LogP contribution < -0.4 is 4.74 Å². The molecule has 0 radical (unpaired) electrons. The van der Waals surface area contributed by atoms with Gasteiger partial charge in [0.2, 0.25) is 0 Å². The molecule has 2 aromatic rings. The van der Waals surface area contributed by atoms with Crippen LogP contribution in [-0.2, 0) is 16.6 Å². The molecule has 2 aliphatic carbocycles. The predicted molar refractivity (Wildman–Crippen MR) is 130 cm³/mol. The van der Waals surface area contributed by atoms with Gasteiger partial charge in [-0.2, -0.15) is 5.26 Å². The first kappa shape index (κ1) is 21.6. The van der Waals surface area contributed by atoms with E-state index in [0.717, 1.165) is 85.3 Å². The Labute approximate surface area is 201 Å². The molecule has 174 valence electrons. The van der Waals surface area contributed by atoms with E-state index < -0.39 is 0 Å². The second-order valence-corrected chi connectivity index (χ2v) is 10.00. The Morgan fingerprint density at radius 1 is 1.12 bits per heavy atom. The highest BCUT2D eigenvalue weighted by Gasteiger charge is 2.49. The molecule has 6 rings (SSSR count). The number of ether oxygens (including phenoxy) is 2. The number of allylic oxidation sites excluding steroid dienone is 2. The van der Waals surface area contributed by atoms with Gasteiger partial charge in [-0.1, -0.05) is 13.0 Å². The van der Waals surface area contributed by atoms with E-state index in [1.807, 2.05) is 30.3 Å². The van der Waals surface area contributed by atoms with Crippen LogP contribution in [-0.4, -0.2) is 49.6 Å². The van der Waals surface area contributed by atoms with Crippen LogP contribution >= 0.6 is 0 Å². The minimum Gasteiger partial charge on any atom is -0.490 e. The molecule has 0 N–H and O–H groups in total. The smallest absolute Gasteiger partial charge is 0.193 e. The standard InChI is InChI=1S/C29H30N2O3/c1-2-31-11-7-21(8-12-31)34-22-4-6-24-25(17-22)29(9-13-33-14-10-29)26-16-20-15-19(18-30)3-5-23(20)27(26)28(24)32/h3-6,15,17,21H,2,7-14,16H2,1H3. The first-order chi connectivity index (χ1) is 16.6. The maximum atomic E-state index is 13.8. The van der Waals surface area contributed by atoms with Crippen molar-refractivity contribution in [3.63, 3.8) is 0 Å². The highest BCUT2D eigenvalue weighted by molar-refractivity contribution is 6.33. The van der Waals surface area contributed by atoms with Crippen molar-refractivity contribution in [1.29, 1.82) is 5.26 Å². The largest absolute Gasteiger partial charge is 0.490 e. The van der Waals surface area contributed by atoms with Gasteiger partial charge in [-0.05, 0) is 91.2 Å². The molecule has 2 aliphatic heterocycles. The third-order valence-corrected chi connectivity index (χ3v) is 8.36. The topological polar surface area (TPSA) is 62.6 Å². The van der Waals surface area contributed by atoms with E-state index in [9.17, 15) is 10.1 Å². The number of benzene rings is 2. The van der Waals surface area contributed by atoms with E-state index in [2.05, 4.69) is 24.0 Å². The molecule has 2 heterocycles. The van der Waals surface area contributed by atoms with Crippen molar-refractivity contribution in [2.45, 2.75) is 50.5 Å². The number of hydrogen-bond acceptors (Lipinski definition) is 5. The number of hydrogen-bond donors (Lipinski definition) is 0. The summed E-state index contributed by atoms with van der Waals surface area (Å²) in [7, 11) is 0. The number of Topliss-reactive ketones (excluding diaryl/α,β-unsaturated/α-hetero) is 1. The van der Waals surface area contributed by atoms with E-state index in [4.69, 9.17) is 9.47 Å². The molecule has 0 aromatic heterocycles. The van der Waals surface area contributed by atoms with Crippen LogP contribution in [0.2, 0.25) is 0 Å². The Hall–Kier alpha value is -2.94. The number of likely N-dealkylation sites (tertiary alicyclic amines) is 1. The fourth-order valence-electron chi connectivity index (χ4n) is 6.48. The molecule has 0 saturated carbocycles. The van der Waals surface area contributed by atoms with Crippen molar-refractivity contribution >= 4 is 11.4 Å². The quantitative estimate of drug-likeness (QED) is 0.674. The lowest BCUT2D eigenvalue weighted by molar-refractivity contribution is 0.0599. The van der Waals surface area contributed by atoms with Crippen molar-refractivity contribution in [1.82, 2.24) is 4.90 Å². The first-order valence-electron chi connectivity index (χ1n) is 12.6. The van der Waals surface area contributed by atoms with Crippen LogP contribution in [0.1, 0.15) is 65.2 Å². The van der Waals surface area contributed by atoms with E-state index in [1.54, 1.807) is 0 Å². The number of carbonyl (C=O) groups is 1. The molecule has 4 aliphatic rings. The lowest BCUT2D eigenvalue weighted by Gasteiger charge is -2.43. The minimum atomic E-state index is -0.215. The highest BCUT2D eigenvalue weighted by Crippen LogP contribution is 2.54. The summed E-state index contributed by atoms with van der Waals surface area (Å²) in [5.74, 6) is 0.979. The van der Waals surface area contributed by atoms with Crippen LogP contribution in [0.3, 0.4) is 0 Å². The summed E-state index contributed by atoms with van der Waals surface area (Å²) in [4.78, 5) is 16.3. The summed E-state index contributed by atoms with van der Waals surface area (Å²) in [6, 6.07) is 14.1. The van der Waals surface area contributed by atoms with Gasteiger partial charge in [-0.25, -0.2) is 0 Å². The molecule has 2 aromatic carbocycles. The van der Waals surface area contributed by atoms with E-state index >= 15 is 0 Å². The lowest BCUT2D eigenvalue weighted by atomic mass is 9.62. The van der Waals surface area contributed by atoms with Gasteiger partial charge in [-0.15, -0.1) is 0 Å². The van der Waals surface area contributed by atoms with Crippen molar-refractivity contribution in [2.24, 2.45) is 0 Å². The first-order valence-corrected chi connectivity index (χ1v) is 12.6. The molecule has 0 unspecified atom stereocenters. The zero-order chi connectivity index (χ0) is 23.3. The van der Waals surface area contributed by atoms with Gasteiger partial charge in [0.25, 0.3) is 0 Å². The van der Waals surface area contributed by atoms with Crippen LogP contribution in [0.5, 0.6) is 5.75 Å². The van der Waals surface area contributed by atoms with Gasteiger partial charge < -0.3 is 14.4 Å². The van der Waals surface area contributed by atoms with Crippen molar-refractivity contribution in [2.75, 3.05) is 32.8 Å². The Morgan fingerprint density at radius 3 is 2.62 bits per heavy atom. The molecule has 5 heteroatoms. The normalized spacial score (nSPS) is 21.7. The van der Waals surface area contributed by atoms with Crippen LogP contribution in [0, 0.1) is 11.3 Å². The Bertz CT molecular complexity index is 1220. The minimum absolute atomic E-state index is 0.105. The molecule has 0 amide bonds. The lowest BCUT2D eigenvalue weighted by Crippen LogP contribution is -2.40. The summed E-state index contributed by atoms with van der Waals surface area (Å²) in [5.41, 5.74) is 6.50. The van der Waals surface area contributed by atoms with Crippen molar-refractivity contribution in [3.8, 4) is 11.8 Å². The van der Waals surface area contributed by atoms with Crippen LogP contribution in [0.4, 0.5) is 0 Å². The van der Waals surface area contributed by atoms with E-state index in [1.165, 1.54) is 5.57 Å². The fraction of sp³-hybridized carbons (Fsp3) is 0.448. The van der Waals surface area contributed by atoms with E-state index in [-0.39, 0.29) is 17.3 Å². The number of carbonyl (C=O) groups excluding carboxylic acids is 1. The van der Waals surface area contributed by atoms with Crippen molar-refractivity contribution < 1.29 is 14.3 Å². The summed E-state index contributed by atoms with van der Waals surface area (Å²) >= 11 is 0. The third kappa shape index (κ3) is 3.32. The molecule has 0 bridgehead atoms. The molecule has 34 heavy (non-hydrogen) atoms. The fourth-order valence-corrected chi connectivity index (χ4v) is 6.48. The predicted octanol–water partition coefficient (Wildman–Crippen LogP) is 4.68. The number of fused-ring (bicyclic) bond motifs is 5. The Balaban J connectivity index is 1.39. The van der Waals surface area contributed by atoms with Gasteiger partial charge in [-0.3, -0.25) is 4.79 Å². The SMILES string of the molecule is CCN1CCC(Oc2ccc3c(c2)C2(CCOCC2)C2=C(C3=O)c3ccc(C#N)cc3C2)CC1. The summed E-state index contributed by atoms with van der Waals surface area (Å²) in [5, 5.41) is 9.39. The van der Waals surface area contributed by atoms with Gasteiger partial charge in [0, 0.05) is 42.9 Å². The summed E-state index contributed by atoms with van der Waals surface area (Å²) in [6.07, 6.45) is 4.75. The van der Waals surface area contributed by atoms with Crippen LogP contribution in [0.25, 0.3) is 5.57 Å². The summed E-state index contributed by atoms with van der Waals surface area (Å²) < 4.78 is 12.3. The number of piperidine rings is 1. The zero-order valence-electron chi connectivity index (χ0n) is 19.7. The third-order valence-electron chi connectivity index (χ3n) is 8.36. The van der Waals surface area contributed by atoms with Gasteiger partial charge in [0.1, 0.15) is 11.9 Å². The average Bonchev–Trinajstić information content (AvgIpc) is 3.28. The van der Waals surface area contributed by atoms with E-state index in [0.29, 0.717) is 18.8 Å². The van der Waals surface area contributed by atoms with Gasteiger partial charge in [0.15, 0.2) is 5.78 Å². The van der Waals surface area contributed by atoms with Crippen molar-refractivity contribution in [3.05, 3.63) is 69.8 Å². The monoisotopic (exact) mass is 454 g/mol. The molecule has 0 atom stereocenters. The Kier molecular flexibility index (Phi) is 5.32. The maximum absolute atomic E-state index is 13.8. The second-order valence-electron chi connectivity index (χ2n) is 10.00. The molecule has 5 nitrogen and oxygen atoms in total. The number of nitriles is 1. The molecular formula is C29H30N2O3. The number of nitrogens with zero attached hydrogens (tertiary/aromatic N) is 2. The zero-order valence-corrected chi connectivity index (χ0v) is 19.7. The molecule has 1 spiro atoms. The van der Waals surface area contributed by atoms with Gasteiger partial charge >= 0.3 is 0 Å². The summed E-state index contributed by atoms with van der Waals surface area (Å²) in [6.45, 7) is 6.82. The van der Waals surface area contributed by atoms with Crippen LogP contribution in [0.15, 0.2) is 42.0 Å². The number of ketones is 1. The maximum Gasteiger partial charge on any atom is 0.193 e. The molecule has 2 saturated heterocycles. The molecular weight excluding hydrogens is 424 g/mol. The average molecular weight is 455 g/mol. The number of rotatable bonds is 3. The van der Waals surface area contributed by atoms with Gasteiger partial charge in [0.05, 0.1) is 11.6 Å². The molecule has 2 fully saturated rings. The highest BCUT2D eigenvalue weighted by atomic mass is 16.5.